The summed E-state index contributed by atoms with van der Waals surface area (Å²) in [5.74, 6) is 0.690. The van der Waals surface area contributed by atoms with Crippen molar-refractivity contribution in [3.8, 4) is 0 Å². The van der Waals surface area contributed by atoms with Crippen LogP contribution in [0.2, 0.25) is 0 Å². The Bertz CT molecular complexity index is 182. The van der Waals surface area contributed by atoms with Crippen LogP contribution in [0.1, 0.15) is 19.4 Å². The van der Waals surface area contributed by atoms with E-state index in [1.807, 2.05) is 0 Å². The molecule has 0 amide bonds. The van der Waals surface area contributed by atoms with Crippen molar-refractivity contribution in [1.29, 1.82) is 0 Å². The van der Waals surface area contributed by atoms with Crippen LogP contribution >= 0.6 is 0 Å². The zero-order chi connectivity index (χ0) is 8.10. The molecule has 1 aromatic rings. The molecular formula is C8H14N2O. The summed E-state index contributed by atoms with van der Waals surface area (Å²) in [6, 6.07) is 0. The maximum Gasteiger partial charge on any atom is 0.128 e. The van der Waals surface area contributed by atoms with Gasteiger partial charge in [-0.3, -0.25) is 0 Å². The lowest BCUT2D eigenvalue weighted by Gasteiger charge is -2.04. The lowest BCUT2D eigenvalue weighted by atomic mass is 10.2. The zero-order valence-corrected chi connectivity index (χ0v) is 7.00. The highest BCUT2D eigenvalue weighted by Crippen LogP contribution is 1.95. The van der Waals surface area contributed by atoms with Gasteiger partial charge in [-0.05, 0) is 12.5 Å². The molecule has 0 aliphatic heterocycles. The third-order valence-electron chi connectivity index (χ3n) is 1.37. The molecule has 62 valence electrons. The van der Waals surface area contributed by atoms with E-state index in [1.165, 1.54) is 0 Å². The molecule has 0 unspecified atom stereocenters. The van der Waals surface area contributed by atoms with Crippen LogP contribution in [0.25, 0.3) is 0 Å². The van der Waals surface area contributed by atoms with Crippen LogP contribution < -0.4 is 5.32 Å². The van der Waals surface area contributed by atoms with E-state index in [0.717, 1.165) is 18.7 Å². The molecule has 3 nitrogen and oxygen atoms in total. The van der Waals surface area contributed by atoms with Crippen LogP contribution in [0.4, 0.5) is 0 Å². The molecule has 1 rings (SSSR count). The lowest BCUT2D eigenvalue weighted by Crippen LogP contribution is -2.18. The third-order valence-corrected chi connectivity index (χ3v) is 1.37. The Hall–Kier alpha value is -0.830. The average molecular weight is 154 g/mol. The molecule has 0 aromatic carbocycles. The van der Waals surface area contributed by atoms with Gasteiger partial charge in [-0.25, -0.2) is 0 Å². The van der Waals surface area contributed by atoms with Crippen molar-refractivity contribution >= 4 is 0 Å². The van der Waals surface area contributed by atoms with Crippen molar-refractivity contribution < 1.29 is 4.52 Å². The van der Waals surface area contributed by atoms with Gasteiger partial charge in [-0.2, -0.15) is 0 Å². The van der Waals surface area contributed by atoms with Gasteiger partial charge in [0, 0.05) is 12.1 Å². The molecule has 11 heavy (non-hydrogen) atoms. The molecule has 3 heteroatoms. The second-order valence-corrected chi connectivity index (χ2v) is 3.06. The zero-order valence-electron chi connectivity index (χ0n) is 7.00. The Morgan fingerprint density at radius 1 is 1.64 bits per heavy atom. The van der Waals surface area contributed by atoms with Gasteiger partial charge in [0.2, 0.25) is 0 Å². The van der Waals surface area contributed by atoms with E-state index in [0.29, 0.717) is 5.92 Å². The number of nitrogens with one attached hydrogen (secondary N) is 1. The van der Waals surface area contributed by atoms with Crippen molar-refractivity contribution in [3.05, 3.63) is 18.0 Å². The molecule has 0 aliphatic carbocycles. The molecule has 0 radical (unpaired) electrons. The Balaban J connectivity index is 2.14. The van der Waals surface area contributed by atoms with Crippen LogP contribution in [0, 0.1) is 5.92 Å². The summed E-state index contributed by atoms with van der Waals surface area (Å²) in [5, 5.41) is 6.89. The van der Waals surface area contributed by atoms with Gasteiger partial charge in [0.25, 0.3) is 0 Å². The maximum absolute atomic E-state index is 4.68. The number of rotatable bonds is 4. The summed E-state index contributed by atoms with van der Waals surface area (Å²) < 4.78 is 4.68. The van der Waals surface area contributed by atoms with Crippen LogP contribution in [-0.4, -0.2) is 11.7 Å². The van der Waals surface area contributed by atoms with Crippen molar-refractivity contribution in [2.75, 3.05) is 6.54 Å². The summed E-state index contributed by atoms with van der Waals surface area (Å²) >= 11 is 0. The predicted octanol–water partition coefficient (Wildman–Crippen LogP) is 1.42. The van der Waals surface area contributed by atoms with Gasteiger partial charge < -0.3 is 9.84 Å². The fourth-order valence-electron chi connectivity index (χ4n) is 0.819. The molecule has 0 spiro atoms. The summed E-state index contributed by atoms with van der Waals surface area (Å²) in [4.78, 5) is 0. The van der Waals surface area contributed by atoms with Crippen molar-refractivity contribution in [3.63, 3.8) is 0 Å². The van der Waals surface area contributed by atoms with Crippen molar-refractivity contribution in [1.82, 2.24) is 10.5 Å². The normalized spacial score (nSPS) is 10.8. The smallest absolute Gasteiger partial charge is 0.128 e. The Morgan fingerprint density at radius 2 is 2.45 bits per heavy atom. The third kappa shape index (κ3) is 3.18. The van der Waals surface area contributed by atoms with E-state index in [4.69, 9.17) is 0 Å². The number of hydrogen-bond acceptors (Lipinski definition) is 3. The van der Waals surface area contributed by atoms with E-state index in [2.05, 4.69) is 28.8 Å². The lowest BCUT2D eigenvalue weighted by molar-refractivity contribution is 0.418. The second kappa shape index (κ2) is 4.13. The highest BCUT2D eigenvalue weighted by atomic mass is 16.5. The quantitative estimate of drug-likeness (QED) is 0.712. The van der Waals surface area contributed by atoms with Gasteiger partial charge in [0.1, 0.15) is 6.26 Å². The van der Waals surface area contributed by atoms with Crippen LogP contribution in [0.3, 0.4) is 0 Å². The molecule has 1 aromatic heterocycles. The molecule has 0 saturated heterocycles. The topological polar surface area (TPSA) is 38.1 Å². The van der Waals surface area contributed by atoms with E-state index in [9.17, 15) is 0 Å². The van der Waals surface area contributed by atoms with Gasteiger partial charge in [0.05, 0.1) is 6.20 Å². The van der Waals surface area contributed by atoms with Crippen LogP contribution in [-0.2, 0) is 6.54 Å². The predicted molar refractivity (Wildman–Crippen MR) is 43.0 cm³/mol. The molecule has 0 atom stereocenters. The Kier molecular flexibility index (Phi) is 3.11. The first kappa shape index (κ1) is 8.27. The molecule has 1 heterocycles. The number of aromatic nitrogens is 1. The minimum Gasteiger partial charge on any atom is -0.364 e. The minimum atomic E-state index is 0.690. The average Bonchev–Trinajstić information content (AvgIpc) is 2.39. The fraction of sp³-hybridized carbons (Fsp3) is 0.625. The van der Waals surface area contributed by atoms with Crippen molar-refractivity contribution in [2.45, 2.75) is 20.4 Å². The molecule has 0 bridgehead atoms. The van der Waals surface area contributed by atoms with Crippen LogP contribution in [0.5, 0.6) is 0 Å². The van der Waals surface area contributed by atoms with E-state index in [1.54, 1.807) is 12.5 Å². The first-order chi connectivity index (χ1) is 5.29. The number of hydrogen-bond donors (Lipinski definition) is 1. The molecular weight excluding hydrogens is 140 g/mol. The Morgan fingerprint density at radius 3 is 3.00 bits per heavy atom. The highest BCUT2D eigenvalue weighted by Gasteiger charge is 1.95. The van der Waals surface area contributed by atoms with E-state index < -0.39 is 0 Å². The number of nitrogens with zero attached hydrogens (tertiary/aromatic N) is 1. The van der Waals surface area contributed by atoms with Crippen molar-refractivity contribution in [2.24, 2.45) is 5.92 Å². The molecule has 0 aliphatic rings. The first-order valence-electron chi connectivity index (χ1n) is 3.88. The first-order valence-corrected chi connectivity index (χ1v) is 3.88. The maximum atomic E-state index is 4.68. The van der Waals surface area contributed by atoms with E-state index >= 15 is 0 Å². The standard InChI is InChI=1S/C8H14N2O/c1-7(2)3-9-4-8-5-10-11-6-8/h5-7,9H,3-4H2,1-2H3. The second-order valence-electron chi connectivity index (χ2n) is 3.06. The molecule has 0 saturated carbocycles. The summed E-state index contributed by atoms with van der Waals surface area (Å²) in [6.45, 7) is 6.24. The monoisotopic (exact) mass is 154 g/mol. The van der Waals surface area contributed by atoms with Gasteiger partial charge in [-0.1, -0.05) is 19.0 Å². The van der Waals surface area contributed by atoms with Gasteiger partial charge >= 0.3 is 0 Å². The Labute approximate surface area is 66.8 Å². The summed E-state index contributed by atoms with van der Waals surface area (Å²) in [6.07, 6.45) is 3.39. The summed E-state index contributed by atoms with van der Waals surface area (Å²) in [7, 11) is 0. The largest absolute Gasteiger partial charge is 0.364 e. The van der Waals surface area contributed by atoms with Gasteiger partial charge in [-0.15, -0.1) is 0 Å². The fourth-order valence-corrected chi connectivity index (χ4v) is 0.819. The highest BCUT2D eigenvalue weighted by molar-refractivity contribution is 4.98. The van der Waals surface area contributed by atoms with Gasteiger partial charge in [0.15, 0.2) is 0 Å². The minimum absolute atomic E-state index is 0.690. The molecule has 0 fully saturated rings. The molecule has 1 N–H and O–H groups in total. The summed E-state index contributed by atoms with van der Waals surface area (Å²) in [5.41, 5.74) is 1.10. The van der Waals surface area contributed by atoms with E-state index in [-0.39, 0.29) is 0 Å². The van der Waals surface area contributed by atoms with Crippen LogP contribution in [0.15, 0.2) is 17.0 Å². The SMILES string of the molecule is CC(C)CNCc1cnoc1.